The molecule has 1 aromatic heterocycles. The molecule has 0 amide bonds. The number of halogens is 2. The van der Waals surface area contributed by atoms with Crippen LogP contribution in [0.1, 0.15) is 36.9 Å². The summed E-state index contributed by atoms with van der Waals surface area (Å²) in [6, 6.07) is 8.95. The molecule has 142 valence electrons. The molecule has 2 N–H and O–H groups in total. The lowest BCUT2D eigenvalue weighted by Crippen LogP contribution is -2.44. The van der Waals surface area contributed by atoms with Crippen LogP contribution in [0.15, 0.2) is 41.5 Å². The molecule has 1 saturated carbocycles. The van der Waals surface area contributed by atoms with E-state index in [0.717, 1.165) is 31.0 Å². The predicted octanol–water partition coefficient (Wildman–Crippen LogP) is 3.35. The number of aryl methyl sites for hydroxylation is 1. The van der Waals surface area contributed by atoms with E-state index in [2.05, 4.69) is 20.7 Å². The van der Waals surface area contributed by atoms with Crippen LogP contribution in [0.2, 0.25) is 0 Å². The monoisotopic (exact) mass is 471 g/mol. The molecule has 7 heteroatoms. The van der Waals surface area contributed by atoms with E-state index in [-0.39, 0.29) is 35.2 Å². The van der Waals surface area contributed by atoms with E-state index in [9.17, 15) is 4.39 Å². The predicted molar refractivity (Wildman–Crippen MR) is 113 cm³/mol. The first kappa shape index (κ1) is 20.7. The lowest BCUT2D eigenvalue weighted by atomic mass is 9.79. The summed E-state index contributed by atoms with van der Waals surface area (Å²) < 4.78 is 15.1. The number of nitrogens with one attached hydrogen (secondary N) is 2. The van der Waals surface area contributed by atoms with Crippen LogP contribution in [-0.2, 0) is 19.0 Å². The first-order valence-electron chi connectivity index (χ1n) is 8.80. The summed E-state index contributed by atoms with van der Waals surface area (Å²) in [6.45, 7) is 1.46. The van der Waals surface area contributed by atoms with Crippen molar-refractivity contribution >= 4 is 29.9 Å². The third-order valence-electron chi connectivity index (χ3n) is 5.19. The number of hydrogen-bond donors (Lipinski definition) is 2. The van der Waals surface area contributed by atoms with E-state index in [1.165, 1.54) is 18.4 Å². The van der Waals surface area contributed by atoms with Gasteiger partial charge >= 0.3 is 0 Å². The summed E-state index contributed by atoms with van der Waals surface area (Å²) in [6.07, 6.45) is 6.43. The third kappa shape index (κ3) is 4.75. The summed E-state index contributed by atoms with van der Waals surface area (Å²) in [4.78, 5) is 4.32. The highest BCUT2D eigenvalue weighted by atomic mass is 127. The highest BCUT2D eigenvalue weighted by Crippen LogP contribution is 2.40. The SMILES string of the molecule is CN=C(NCc1ccnn1C)NCC1(c2ccc(F)cc2)CCCC1.I. The number of aliphatic imine (C=N–C) groups is 1. The normalized spacial score (nSPS) is 16.2. The van der Waals surface area contributed by atoms with Gasteiger partial charge in [-0.25, -0.2) is 4.39 Å². The fraction of sp³-hybridized carbons (Fsp3) is 0.474. The minimum atomic E-state index is -0.182. The number of benzene rings is 1. The Morgan fingerprint density at radius 3 is 2.46 bits per heavy atom. The van der Waals surface area contributed by atoms with Crippen LogP contribution >= 0.6 is 24.0 Å². The van der Waals surface area contributed by atoms with Crippen LogP contribution in [0, 0.1) is 5.82 Å². The molecule has 2 aromatic rings. The van der Waals surface area contributed by atoms with Gasteiger partial charge in [-0.15, -0.1) is 24.0 Å². The molecule has 3 rings (SSSR count). The molecule has 5 nitrogen and oxygen atoms in total. The second kappa shape index (κ2) is 9.34. The molecule has 1 aliphatic rings. The molecule has 1 aromatic carbocycles. The van der Waals surface area contributed by atoms with Gasteiger partial charge in [-0.2, -0.15) is 5.10 Å². The van der Waals surface area contributed by atoms with Crippen molar-refractivity contribution < 1.29 is 4.39 Å². The Labute approximate surface area is 171 Å². The van der Waals surface area contributed by atoms with Gasteiger partial charge in [0.15, 0.2) is 5.96 Å². The molecular weight excluding hydrogens is 444 g/mol. The zero-order chi connectivity index (χ0) is 17.7. The fourth-order valence-corrected chi connectivity index (χ4v) is 3.65. The standard InChI is InChI=1S/C19H26FN5.HI/c1-21-18(22-13-17-9-12-24-25(17)2)23-14-19(10-3-4-11-19)15-5-7-16(20)8-6-15;/h5-9,12H,3-4,10-11,13-14H2,1-2H3,(H2,21,22,23);1H. The van der Waals surface area contributed by atoms with E-state index >= 15 is 0 Å². The molecule has 1 fully saturated rings. The van der Waals surface area contributed by atoms with Crippen LogP contribution in [-0.4, -0.2) is 29.3 Å². The molecule has 0 bridgehead atoms. The number of rotatable bonds is 5. The van der Waals surface area contributed by atoms with Crippen molar-refractivity contribution in [1.29, 1.82) is 0 Å². The Morgan fingerprint density at radius 1 is 1.19 bits per heavy atom. The Bertz CT molecular complexity index is 720. The van der Waals surface area contributed by atoms with Gasteiger partial charge in [0, 0.05) is 32.3 Å². The van der Waals surface area contributed by atoms with Gasteiger partial charge in [0.1, 0.15) is 5.82 Å². The summed E-state index contributed by atoms with van der Waals surface area (Å²) in [5.41, 5.74) is 2.36. The summed E-state index contributed by atoms with van der Waals surface area (Å²) in [5, 5.41) is 11.0. The van der Waals surface area contributed by atoms with Crippen molar-refractivity contribution in [3.63, 3.8) is 0 Å². The van der Waals surface area contributed by atoms with E-state index in [0.29, 0.717) is 6.54 Å². The summed E-state index contributed by atoms with van der Waals surface area (Å²) in [5.74, 6) is 0.591. The van der Waals surface area contributed by atoms with E-state index < -0.39 is 0 Å². The third-order valence-corrected chi connectivity index (χ3v) is 5.19. The maximum atomic E-state index is 13.3. The fourth-order valence-electron chi connectivity index (χ4n) is 3.65. The zero-order valence-electron chi connectivity index (χ0n) is 15.3. The number of hydrogen-bond acceptors (Lipinski definition) is 2. The molecule has 0 atom stereocenters. The number of guanidine groups is 1. The first-order chi connectivity index (χ1) is 12.1. The molecule has 0 aliphatic heterocycles. The highest BCUT2D eigenvalue weighted by Gasteiger charge is 2.35. The maximum Gasteiger partial charge on any atom is 0.191 e. The molecule has 0 radical (unpaired) electrons. The van der Waals surface area contributed by atoms with Crippen molar-refractivity contribution in [2.45, 2.75) is 37.6 Å². The van der Waals surface area contributed by atoms with Crippen LogP contribution < -0.4 is 10.6 Å². The van der Waals surface area contributed by atoms with Gasteiger partial charge in [-0.05, 0) is 36.6 Å². The smallest absolute Gasteiger partial charge is 0.191 e. The van der Waals surface area contributed by atoms with Gasteiger partial charge in [0.05, 0.1) is 12.2 Å². The molecule has 0 spiro atoms. The summed E-state index contributed by atoms with van der Waals surface area (Å²) in [7, 11) is 3.70. The average molecular weight is 471 g/mol. The molecule has 26 heavy (non-hydrogen) atoms. The minimum absolute atomic E-state index is 0. The van der Waals surface area contributed by atoms with Gasteiger partial charge in [-0.3, -0.25) is 9.67 Å². The quantitative estimate of drug-likeness (QED) is 0.400. The molecule has 0 saturated heterocycles. The van der Waals surface area contributed by atoms with Crippen LogP contribution in [0.25, 0.3) is 0 Å². The topological polar surface area (TPSA) is 54.2 Å². The van der Waals surface area contributed by atoms with E-state index in [1.807, 2.05) is 29.9 Å². The van der Waals surface area contributed by atoms with Gasteiger partial charge in [-0.1, -0.05) is 25.0 Å². The van der Waals surface area contributed by atoms with Crippen LogP contribution in [0.3, 0.4) is 0 Å². The van der Waals surface area contributed by atoms with Crippen molar-refractivity contribution in [2.75, 3.05) is 13.6 Å². The maximum absolute atomic E-state index is 13.3. The second-order valence-electron chi connectivity index (χ2n) is 6.72. The largest absolute Gasteiger partial charge is 0.356 e. The lowest BCUT2D eigenvalue weighted by Gasteiger charge is -2.31. The molecule has 1 heterocycles. The summed E-state index contributed by atoms with van der Waals surface area (Å²) >= 11 is 0. The van der Waals surface area contributed by atoms with Crippen LogP contribution in [0.4, 0.5) is 4.39 Å². The van der Waals surface area contributed by atoms with Crippen molar-refractivity contribution in [3.05, 3.63) is 53.6 Å². The number of aromatic nitrogens is 2. The average Bonchev–Trinajstić information content (AvgIpc) is 3.26. The Hall–Kier alpha value is -1.64. The Balaban J connectivity index is 0.00000243. The van der Waals surface area contributed by atoms with Crippen LogP contribution in [0.5, 0.6) is 0 Å². The molecule has 0 unspecified atom stereocenters. The van der Waals surface area contributed by atoms with Crippen molar-refractivity contribution in [3.8, 4) is 0 Å². The lowest BCUT2D eigenvalue weighted by molar-refractivity contribution is 0.430. The van der Waals surface area contributed by atoms with Gasteiger partial charge < -0.3 is 10.6 Å². The minimum Gasteiger partial charge on any atom is -0.356 e. The first-order valence-corrected chi connectivity index (χ1v) is 8.80. The molecule has 1 aliphatic carbocycles. The van der Waals surface area contributed by atoms with Crippen molar-refractivity contribution in [2.24, 2.45) is 12.0 Å². The Kier molecular flexibility index (Phi) is 7.43. The van der Waals surface area contributed by atoms with E-state index in [4.69, 9.17) is 0 Å². The zero-order valence-corrected chi connectivity index (χ0v) is 17.7. The Morgan fingerprint density at radius 2 is 1.88 bits per heavy atom. The van der Waals surface area contributed by atoms with Gasteiger partial charge in [0.2, 0.25) is 0 Å². The van der Waals surface area contributed by atoms with E-state index in [1.54, 1.807) is 25.4 Å². The van der Waals surface area contributed by atoms with Crippen molar-refractivity contribution in [1.82, 2.24) is 20.4 Å². The highest BCUT2D eigenvalue weighted by molar-refractivity contribution is 14.0. The second-order valence-corrected chi connectivity index (χ2v) is 6.72. The number of nitrogens with zero attached hydrogens (tertiary/aromatic N) is 3. The van der Waals surface area contributed by atoms with Gasteiger partial charge in [0.25, 0.3) is 0 Å². The molecular formula is C19H27FIN5.